The molecular weight excluding hydrogens is 263 g/mol. The highest BCUT2D eigenvalue weighted by atomic mass is 35.5. The van der Waals surface area contributed by atoms with Crippen LogP contribution in [0.3, 0.4) is 0 Å². The molecule has 0 bridgehead atoms. The van der Waals surface area contributed by atoms with Crippen LogP contribution in [0.2, 0.25) is 5.02 Å². The summed E-state index contributed by atoms with van der Waals surface area (Å²) >= 11 is 5.79. The van der Waals surface area contributed by atoms with Crippen molar-refractivity contribution in [3.05, 3.63) is 34.6 Å². The van der Waals surface area contributed by atoms with E-state index in [1.165, 1.54) is 6.07 Å². The van der Waals surface area contributed by atoms with Gasteiger partial charge in [-0.3, -0.25) is 4.79 Å². The van der Waals surface area contributed by atoms with Gasteiger partial charge >= 0.3 is 0 Å². The number of benzene rings is 1. The average Bonchev–Trinajstić information content (AvgIpc) is 2.75. The maximum atomic E-state index is 14.0. The first kappa shape index (κ1) is 14.5. The van der Waals surface area contributed by atoms with Gasteiger partial charge in [0, 0.05) is 16.4 Å². The Labute approximate surface area is 119 Å². The number of ketones is 1. The van der Waals surface area contributed by atoms with Crippen molar-refractivity contribution >= 4 is 17.4 Å². The van der Waals surface area contributed by atoms with Crippen LogP contribution in [0.4, 0.5) is 4.39 Å². The van der Waals surface area contributed by atoms with Crippen LogP contribution in [0, 0.1) is 17.2 Å². The molecule has 3 heteroatoms. The first-order valence-electron chi connectivity index (χ1n) is 6.80. The second kappa shape index (κ2) is 5.24. The van der Waals surface area contributed by atoms with Crippen molar-refractivity contribution in [3.63, 3.8) is 0 Å². The predicted octanol–water partition coefficient (Wildman–Crippen LogP) is 4.98. The molecule has 2 rings (SSSR count). The fourth-order valence-corrected chi connectivity index (χ4v) is 3.16. The van der Waals surface area contributed by atoms with Gasteiger partial charge in [-0.15, -0.1) is 0 Å². The van der Waals surface area contributed by atoms with Crippen LogP contribution in [0.1, 0.15) is 51.5 Å². The molecule has 1 aromatic carbocycles. The molecule has 0 N–H and O–H groups in total. The number of Topliss-reactive ketones (excluding diaryl/α,β-unsaturated/α-hetero) is 1. The molecule has 0 aliphatic heterocycles. The van der Waals surface area contributed by atoms with Gasteiger partial charge in [-0.05, 0) is 36.5 Å². The van der Waals surface area contributed by atoms with Crippen LogP contribution in [0.5, 0.6) is 0 Å². The number of carbonyl (C=O) groups is 1. The Kier molecular flexibility index (Phi) is 4.00. The molecule has 1 aromatic rings. The maximum Gasteiger partial charge on any atom is 0.141 e. The van der Waals surface area contributed by atoms with E-state index in [0.29, 0.717) is 10.6 Å². The summed E-state index contributed by atoms with van der Waals surface area (Å²) in [7, 11) is 0. The largest absolute Gasteiger partial charge is 0.299 e. The van der Waals surface area contributed by atoms with E-state index in [9.17, 15) is 9.18 Å². The minimum absolute atomic E-state index is 0.00370. The number of halogens is 2. The zero-order valence-corrected chi connectivity index (χ0v) is 12.4. The lowest BCUT2D eigenvalue weighted by Crippen LogP contribution is -2.30. The van der Waals surface area contributed by atoms with E-state index < -0.39 is 0 Å². The Morgan fingerprint density at radius 3 is 2.58 bits per heavy atom. The lowest BCUT2D eigenvalue weighted by molar-refractivity contribution is -0.130. The van der Waals surface area contributed by atoms with Gasteiger partial charge in [-0.2, -0.15) is 0 Å². The van der Waals surface area contributed by atoms with Crippen LogP contribution in [0.15, 0.2) is 18.2 Å². The van der Waals surface area contributed by atoms with E-state index >= 15 is 0 Å². The lowest BCUT2D eigenvalue weighted by Gasteiger charge is -2.26. The molecule has 0 saturated heterocycles. The van der Waals surface area contributed by atoms with Crippen molar-refractivity contribution in [2.45, 2.75) is 46.0 Å². The van der Waals surface area contributed by atoms with Crippen molar-refractivity contribution in [1.82, 2.24) is 0 Å². The second-order valence-electron chi connectivity index (χ2n) is 6.42. The molecule has 1 fully saturated rings. The monoisotopic (exact) mass is 282 g/mol. The van der Waals surface area contributed by atoms with Crippen molar-refractivity contribution in [2.75, 3.05) is 0 Å². The summed E-state index contributed by atoms with van der Waals surface area (Å²) in [5, 5.41) is 0.401. The third kappa shape index (κ3) is 3.00. The first-order chi connectivity index (χ1) is 8.80. The highest BCUT2D eigenvalue weighted by Gasteiger charge is 2.39. The van der Waals surface area contributed by atoms with Gasteiger partial charge in [-0.25, -0.2) is 4.39 Å². The van der Waals surface area contributed by atoms with Crippen molar-refractivity contribution < 1.29 is 9.18 Å². The molecule has 0 radical (unpaired) electrons. The summed E-state index contributed by atoms with van der Waals surface area (Å²) in [5.41, 5.74) is 0.278. The molecule has 1 aliphatic carbocycles. The summed E-state index contributed by atoms with van der Waals surface area (Å²) in [6, 6.07) is 4.78. The molecule has 0 amide bonds. The van der Waals surface area contributed by atoms with E-state index in [2.05, 4.69) is 0 Å². The quantitative estimate of drug-likeness (QED) is 0.748. The lowest BCUT2D eigenvalue weighted by atomic mass is 9.76. The third-order valence-electron chi connectivity index (χ3n) is 3.95. The minimum atomic E-state index is -0.365. The molecule has 0 heterocycles. The predicted molar refractivity (Wildman–Crippen MR) is 76.0 cm³/mol. The van der Waals surface area contributed by atoms with E-state index in [1.807, 2.05) is 20.8 Å². The maximum absolute atomic E-state index is 14.0. The summed E-state index contributed by atoms with van der Waals surface area (Å²) in [6.07, 6.45) is 2.73. The molecule has 1 aliphatic rings. The molecule has 0 spiro atoms. The molecule has 1 nitrogen and oxygen atoms in total. The summed E-state index contributed by atoms with van der Waals surface area (Å²) < 4.78 is 14.0. The van der Waals surface area contributed by atoms with Crippen molar-refractivity contribution in [2.24, 2.45) is 11.3 Å². The van der Waals surface area contributed by atoms with Gasteiger partial charge in [0.1, 0.15) is 11.6 Å². The van der Waals surface area contributed by atoms with Crippen LogP contribution >= 0.6 is 11.6 Å². The zero-order valence-electron chi connectivity index (χ0n) is 11.7. The van der Waals surface area contributed by atoms with Gasteiger partial charge in [0.25, 0.3) is 0 Å². The highest BCUT2D eigenvalue weighted by molar-refractivity contribution is 6.30. The first-order valence-corrected chi connectivity index (χ1v) is 7.18. The Bertz CT molecular complexity index is 490. The van der Waals surface area contributed by atoms with E-state index in [1.54, 1.807) is 12.1 Å². The fourth-order valence-electron chi connectivity index (χ4n) is 3.00. The smallest absolute Gasteiger partial charge is 0.141 e. The fraction of sp³-hybridized carbons (Fsp3) is 0.562. The molecule has 0 aromatic heterocycles. The zero-order chi connectivity index (χ0) is 14.2. The Morgan fingerprint density at radius 1 is 1.32 bits per heavy atom. The van der Waals surface area contributed by atoms with E-state index in [4.69, 9.17) is 11.6 Å². The standard InChI is InChI=1S/C16H20ClFO/c1-16(2,3)15(19)13-6-4-5-11(13)12-8-7-10(17)9-14(12)18/h7-9,11,13H,4-6H2,1-3H3/t11-,13+/m1/s1. The van der Waals surface area contributed by atoms with Crippen molar-refractivity contribution in [3.8, 4) is 0 Å². The molecule has 19 heavy (non-hydrogen) atoms. The topological polar surface area (TPSA) is 17.1 Å². The second-order valence-corrected chi connectivity index (χ2v) is 6.86. The SMILES string of the molecule is CC(C)(C)C(=O)[C@H]1CCC[C@@H]1c1ccc(Cl)cc1F. The molecule has 104 valence electrons. The van der Waals surface area contributed by atoms with Crippen LogP contribution in [0.25, 0.3) is 0 Å². The van der Waals surface area contributed by atoms with Gasteiger partial charge < -0.3 is 0 Å². The Morgan fingerprint density at radius 2 is 2.00 bits per heavy atom. The van der Waals surface area contributed by atoms with Crippen molar-refractivity contribution in [1.29, 1.82) is 0 Å². The summed E-state index contributed by atoms with van der Waals surface area (Å²) in [5.74, 6) is -0.102. The Balaban J connectivity index is 2.31. The summed E-state index contributed by atoms with van der Waals surface area (Å²) in [6.45, 7) is 5.80. The Hall–Kier alpha value is -0.890. The van der Waals surface area contributed by atoms with Crippen LogP contribution in [-0.2, 0) is 4.79 Å². The van der Waals surface area contributed by atoms with E-state index in [-0.39, 0.29) is 28.9 Å². The number of carbonyl (C=O) groups excluding carboxylic acids is 1. The highest BCUT2D eigenvalue weighted by Crippen LogP contribution is 2.44. The normalized spacial score (nSPS) is 23.6. The number of hydrogen-bond acceptors (Lipinski definition) is 1. The third-order valence-corrected chi connectivity index (χ3v) is 4.19. The molecule has 0 unspecified atom stereocenters. The average molecular weight is 283 g/mol. The molecular formula is C16H20ClFO. The van der Waals surface area contributed by atoms with E-state index in [0.717, 1.165) is 19.3 Å². The number of rotatable bonds is 2. The van der Waals surface area contributed by atoms with Crippen LogP contribution < -0.4 is 0 Å². The molecule has 1 saturated carbocycles. The molecule has 2 atom stereocenters. The van der Waals surface area contributed by atoms with Gasteiger partial charge in [0.05, 0.1) is 0 Å². The van der Waals surface area contributed by atoms with Gasteiger partial charge in [0.2, 0.25) is 0 Å². The van der Waals surface area contributed by atoms with Crippen LogP contribution in [-0.4, -0.2) is 5.78 Å². The summed E-state index contributed by atoms with van der Waals surface area (Å²) in [4.78, 5) is 12.5. The van der Waals surface area contributed by atoms with Gasteiger partial charge in [0.15, 0.2) is 0 Å². The number of hydrogen-bond donors (Lipinski definition) is 0. The minimum Gasteiger partial charge on any atom is -0.299 e. The van der Waals surface area contributed by atoms with Gasteiger partial charge in [-0.1, -0.05) is 44.9 Å².